The van der Waals surface area contributed by atoms with Crippen LogP contribution >= 0.6 is 15.9 Å². The van der Waals surface area contributed by atoms with Crippen LogP contribution in [0.5, 0.6) is 5.75 Å². The lowest BCUT2D eigenvalue weighted by Gasteiger charge is -2.17. The third-order valence-corrected chi connectivity index (χ3v) is 3.31. The molecular weight excluding hydrogens is 254 g/mol. The molecule has 1 unspecified atom stereocenters. The van der Waals surface area contributed by atoms with E-state index in [4.69, 9.17) is 4.74 Å². The number of benzene rings is 1. The molecule has 0 aliphatic carbocycles. The Balaban J connectivity index is 1.98. The predicted octanol–water partition coefficient (Wildman–Crippen LogP) is 2.97. The molecule has 1 fully saturated rings. The molecule has 2 rings (SSSR count). The minimum atomic E-state index is 0.360. The third-order valence-electron chi connectivity index (χ3n) is 2.65. The number of hydrogen-bond donors (Lipinski definition) is 1. The first-order valence-corrected chi connectivity index (χ1v) is 6.27. The maximum Gasteiger partial charge on any atom is 0.133 e. The lowest BCUT2D eigenvalue weighted by atomic mass is 10.1. The molecule has 82 valence electrons. The number of hydrogen-bond acceptors (Lipinski definition) is 2. The maximum absolute atomic E-state index is 5.98. The zero-order valence-corrected chi connectivity index (χ0v) is 10.3. The van der Waals surface area contributed by atoms with Crippen molar-refractivity contribution in [3.63, 3.8) is 0 Å². The smallest absolute Gasteiger partial charge is 0.133 e. The van der Waals surface area contributed by atoms with Crippen LogP contribution < -0.4 is 10.1 Å². The summed E-state index contributed by atoms with van der Waals surface area (Å²) in [6.45, 7) is 2.19. The van der Waals surface area contributed by atoms with Gasteiger partial charge >= 0.3 is 0 Å². The van der Waals surface area contributed by atoms with E-state index in [1.165, 1.54) is 6.42 Å². The van der Waals surface area contributed by atoms with Gasteiger partial charge in [0.05, 0.1) is 4.47 Å². The first kappa shape index (κ1) is 11.0. The van der Waals surface area contributed by atoms with Crippen molar-refractivity contribution in [2.45, 2.75) is 25.4 Å². The Morgan fingerprint density at radius 1 is 1.20 bits per heavy atom. The minimum Gasteiger partial charge on any atom is -0.489 e. The van der Waals surface area contributed by atoms with Crippen LogP contribution in [-0.4, -0.2) is 19.2 Å². The molecule has 1 aliphatic heterocycles. The van der Waals surface area contributed by atoms with Crippen molar-refractivity contribution < 1.29 is 4.74 Å². The van der Waals surface area contributed by atoms with E-state index in [0.29, 0.717) is 6.10 Å². The summed E-state index contributed by atoms with van der Waals surface area (Å²) in [5, 5.41) is 3.39. The van der Waals surface area contributed by atoms with E-state index in [1.807, 2.05) is 24.3 Å². The highest BCUT2D eigenvalue weighted by atomic mass is 79.9. The highest BCUT2D eigenvalue weighted by Crippen LogP contribution is 2.26. The van der Waals surface area contributed by atoms with Crippen LogP contribution in [0.1, 0.15) is 19.3 Å². The maximum atomic E-state index is 5.98. The van der Waals surface area contributed by atoms with Gasteiger partial charge < -0.3 is 10.1 Å². The van der Waals surface area contributed by atoms with Gasteiger partial charge in [0.1, 0.15) is 11.9 Å². The van der Waals surface area contributed by atoms with E-state index in [1.54, 1.807) is 0 Å². The van der Waals surface area contributed by atoms with Crippen molar-refractivity contribution in [2.75, 3.05) is 13.1 Å². The standard InChI is InChI=1S/C12H16BrNO/c13-11-5-1-2-6-12(11)15-10-4-3-8-14-9-7-10/h1-2,5-6,10,14H,3-4,7-9H2. The molecule has 1 aliphatic rings. The van der Waals surface area contributed by atoms with Crippen LogP contribution in [0.25, 0.3) is 0 Å². The molecule has 1 atom stereocenters. The normalized spacial score (nSPS) is 22.1. The molecule has 0 spiro atoms. The second kappa shape index (κ2) is 5.52. The SMILES string of the molecule is Brc1ccccc1OC1CCCNCC1. The van der Waals surface area contributed by atoms with Gasteiger partial charge in [0.2, 0.25) is 0 Å². The Bertz CT molecular complexity index is 308. The molecule has 1 saturated heterocycles. The topological polar surface area (TPSA) is 21.3 Å². The lowest BCUT2D eigenvalue weighted by Crippen LogP contribution is -2.19. The molecule has 0 bridgehead atoms. The van der Waals surface area contributed by atoms with Crippen LogP contribution in [0.2, 0.25) is 0 Å². The molecule has 0 amide bonds. The van der Waals surface area contributed by atoms with E-state index in [-0.39, 0.29) is 0 Å². The largest absolute Gasteiger partial charge is 0.489 e. The molecule has 1 N–H and O–H groups in total. The summed E-state index contributed by atoms with van der Waals surface area (Å²) in [6.07, 6.45) is 3.81. The number of para-hydroxylation sites is 1. The average Bonchev–Trinajstić information content (AvgIpc) is 2.50. The van der Waals surface area contributed by atoms with Crippen molar-refractivity contribution in [1.29, 1.82) is 0 Å². The molecule has 0 radical (unpaired) electrons. The van der Waals surface area contributed by atoms with Gasteiger partial charge in [-0.2, -0.15) is 0 Å². The second-order valence-corrected chi connectivity index (χ2v) is 4.71. The van der Waals surface area contributed by atoms with Crippen LogP contribution in [-0.2, 0) is 0 Å². The Kier molecular flexibility index (Phi) is 4.03. The summed E-state index contributed by atoms with van der Waals surface area (Å²) in [5.41, 5.74) is 0. The lowest BCUT2D eigenvalue weighted by molar-refractivity contribution is 0.186. The van der Waals surface area contributed by atoms with Gasteiger partial charge in [-0.3, -0.25) is 0 Å². The first-order chi connectivity index (χ1) is 7.36. The van der Waals surface area contributed by atoms with Crippen molar-refractivity contribution in [3.05, 3.63) is 28.7 Å². The number of rotatable bonds is 2. The zero-order valence-electron chi connectivity index (χ0n) is 8.71. The summed E-state index contributed by atoms with van der Waals surface area (Å²) in [7, 11) is 0. The summed E-state index contributed by atoms with van der Waals surface area (Å²) >= 11 is 3.50. The first-order valence-electron chi connectivity index (χ1n) is 5.48. The second-order valence-electron chi connectivity index (χ2n) is 3.85. The van der Waals surface area contributed by atoms with E-state index in [9.17, 15) is 0 Å². The molecule has 1 aromatic carbocycles. The quantitative estimate of drug-likeness (QED) is 0.892. The molecule has 1 aromatic rings. The van der Waals surface area contributed by atoms with Gasteiger partial charge in [0, 0.05) is 0 Å². The fourth-order valence-corrected chi connectivity index (χ4v) is 2.20. The summed E-state index contributed by atoms with van der Waals surface area (Å²) in [6, 6.07) is 8.05. The molecule has 2 nitrogen and oxygen atoms in total. The van der Waals surface area contributed by atoms with Crippen molar-refractivity contribution >= 4 is 15.9 Å². The minimum absolute atomic E-state index is 0.360. The Labute approximate surface area is 99.1 Å². The number of nitrogens with one attached hydrogen (secondary N) is 1. The van der Waals surface area contributed by atoms with Gasteiger partial charge in [-0.15, -0.1) is 0 Å². The van der Waals surface area contributed by atoms with Crippen molar-refractivity contribution in [2.24, 2.45) is 0 Å². The van der Waals surface area contributed by atoms with Gasteiger partial charge in [0.15, 0.2) is 0 Å². The highest BCUT2D eigenvalue weighted by Gasteiger charge is 2.14. The third kappa shape index (κ3) is 3.21. The molecule has 0 saturated carbocycles. The predicted molar refractivity (Wildman–Crippen MR) is 65.3 cm³/mol. The molecule has 3 heteroatoms. The average molecular weight is 270 g/mol. The number of halogens is 1. The molecule has 1 heterocycles. The fraction of sp³-hybridized carbons (Fsp3) is 0.500. The molecular formula is C12H16BrNO. The summed E-state index contributed by atoms with van der Waals surface area (Å²) in [5.74, 6) is 0.962. The van der Waals surface area contributed by atoms with Crippen LogP contribution in [0.4, 0.5) is 0 Å². The summed E-state index contributed by atoms with van der Waals surface area (Å²) in [4.78, 5) is 0. The number of ether oxygens (including phenoxy) is 1. The monoisotopic (exact) mass is 269 g/mol. The van der Waals surface area contributed by atoms with Gasteiger partial charge in [0.25, 0.3) is 0 Å². The summed E-state index contributed by atoms with van der Waals surface area (Å²) < 4.78 is 7.02. The van der Waals surface area contributed by atoms with Gasteiger partial charge in [-0.05, 0) is 60.4 Å². The van der Waals surface area contributed by atoms with Crippen LogP contribution in [0.15, 0.2) is 28.7 Å². The Hall–Kier alpha value is -0.540. The Morgan fingerprint density at radius 2 is 2.07 bits per heavy atom. The van der Waals surface area contributed by atoms with Gasteiger partial charge in [-0.1, -0.05) is 12.1 Å². The Morgan fingerprint density at radius 3 is 2.93 bits per heavy atom. The fourth-order valence-electron chi connectivity index (χ4n) is 1.82. The molecule has 15 heavy (non-hydrogen) atoms. The van der Waals surface area contributed by atoms with Crippen LogP contribution in [0, 0.1) is 0 Å². The highest BCUT2D eigenvalue weighted by molar-refractivity contribution is 9.10. The van der Waals surface area contributed by atoms with Crippen molar-refractivity contribution in [1.82, 2.24) is 5.32 Å². The van der Waals surface area contributed by atoms with E-state index in [2.05, 4.69) is 21.2 Å². The van der Waals surface area contributed by atoms with Crippen molar-refractivity contribution in [3.8, 4) is 5.75 Å². The van der Waals surface area contributed by atoms with E-state index in [0.717, 1.165) is 36.2 Å². The van der Waals surface area contributed by atoms with Gasteiger partial charge in [-0.25, -0.2) is 0 Å². The molecule has 0 aromatic heterocycles. The van der Waals surface area contributed by atoms with E-state index < -0.39 is 0 Å². The van der Waals surface area contributed by atoms with Crippen LogP contribution in [0.3, 0.4) is 0 Å². The zero-order chi connectivity index (χ0) is 10.5. The van der Waals surface area contributed by atoms with E-state index >= 15 is 0 Å².